The Morgan fingerprint density at radius 1 is 1.16 bits per heavy atom. The van der Waals surface area contributed by atoms with E-state index < -0.39 is 29.6 Å². The number of amides is 3. The average Bonchev–Trinajstić information content (AvgIpc) is 2.92. The molecule has 8 nitrogen and oxygen atoms in total. The lowest BCUT2D eigenvalue weighted by molar-refractivity contribution is -0.149. The zero-order valence-electron chi connectivity index (χ0n) is 18.4. The van der Waals surface area contributed by atoms with Crippen molar-refractivity contribution in [3.05, 3.63) is 53.1 Å². The van der Waals surface area contributed by atoms with Gasteiger partial charge in [-0.25, -0.2) is 18.7 Å². The molecule has 0 fully saturated rings. The van der Waals surface area contributed by atoms with Crippen LogP contribution in [0.1, 0.15) is 44.6 Å². The molecule has 1 unspecified atom stereocenters. The quantitative estimate of drug-likeness (QED) is 0.560. The Labute approximate surface area is 180 Å². The van der Waals surface area contributed by atoms with Crippen molar-refractivity contribution in [3.8, 4) is 5.69 Å². The van der Waals surface area contributed by atoms with Gasteiger partial charge in [0, 0.05) is 22.9 Å². The van der Waals surface area contributed by atoms with Crippen molar-refractivity contribution in [1.29, 1.82) is 0 Å². The van der Waals surface area contributed by atoms with Crippen LogP contribution in [0.15, 0.2) is 30.3 Å². The van der Waals surface area contributed by atoms with Gasteiger partial charge in [-0.3, -0.25) is 10.1 Å². The number of esters is 1. The van der Waals surface area contributed by atoms with Crippen LogP contribution >= 0.6 is 0 Å². The molecule has 31 heavy (non-hydrogen) atoms. The number of benzene rings is 1. The van der Waals surface area contributed by atoms with Gasteiger partial charge in [0.15, 0.2) is 6.10 Å². The van der Waals surface area contributed by atoms with E-state index in [4.69, 9.17) is 4.74 Å². The fourth-order valence-electron chi connectivity index (χ4n) is 2.73. The summed E-state index contributed by atoms with van der Waals surface area (Å²) in [6.07, 6.45) is 1.56. The number of carbonyl (C=O) groups excluding carboxylic acids is 3. The van der Waals surface area contributed by atoms with Crippen LogP contribution in [0, 0.1) is 19.7 Å². The number of halogens is 1. The third-order valence-corrected chi connectivity index (χ3v) is 4.19. The number of rotatable bonds is 5. The maximum Gasteiger partial charge on any atom is 0.331 e. The lowest BCUT2D eigenvalue weighted by Crippen LogP contribution is -2.50. The molecule has 1 heterocycles. The Hall–Kier alpha value is -3.49. The molecule has 0 bridgehead atoms. The van der Waals surface area contributed by atoms with E-state index in [9.17, 15) is 18.8 Å². The number of nitrogens with one attached hydrogen (secondary N) is 2. The maximum absolute atomic E-state index is 13.2. The Morgan fingerprint density at radius 2 is 1.77 bits per heavy atom. The number of urea groups is 1. The van der Waals surface area contributed by atoms with Crippen LogP contribution < -0.4 is 10.6 Å². The first-order chi connectivity index (χ1) is 14.4. The minimum atomic E-state index is -1.16. The minimum Gasteiger partial charge on any atom is -0.449 e. The van der Waals surface area contributed by atoms with Crippen molar-refractivity contribution >= 4 is 24.0 Å². The van der Waals surface area contributed by atoms with E-state index in [1.807, 2.05) is 6.92 Å². The highest BCUT2D eigenvalue weighted by Crippen LogP contribution is 2.19. The molecule has 0 spiro atoms. The van der Waals surface area contributed by atoms with Gasteiger partial charge < -0.3 is 10.1 Å². The Balaban J connectivity index is 2.02. The zero-order chi connectivity index (χ0) is 23.3. The third kappa shape index (κ3) is 6.77. The maximum atomic E-state index is 13.2. The fourth-order valence-corrected chi connectivity index (χ4v) is 2.73. The van der Waals surface area contributed by atoms with Crippen LogP contribution in [0.2, 0.25) is 0 Å². The van der Waals surface area contributed by atoms with Crippen molar-refractivity contribution in [2.75, 3.05) is 0 Å². The van der Waals surface area contributed by atoms with Crippen molar-refractivity contribution in [2.45, 2.75) is 53.2 Å². The zero-order valence-corrected chi connectivity index (χ0v) is 18.4. The fraction of sp³-hybridized carbons (Fsp3) is 0.364. The van der Waals surface area contributed by atoms with E-state index in [2.05, 4.69) is 15.7 Å². The first-order valence-corrected chi connectivity index (χ1v) is 9.71. The summed E-state index contributed by atoms with van der Waals surface area (Å²) in [6.45, 7) is 10.3. The number of carbonyl (C=O) groups is 3. The predicted molar refractivity (Wildman–Crippen MR) is 114 cm³/mol. The van der Waals surface area contributed by atoms with E-state index in [1.54, 1.807) is 44.5 Å². The normalized spacial score (nSPS) is 12.5. The van der Waals surface area contributed by atoms with Gasteiger partial charge in [0.25, 0.3) is 5.91 Å². The molecule has 2 rings (SSSR count). The van der Waals surface area contributed by atoms with Gasteiger partial charge in [0.1, 0.15) is 5.82 Å². The second kappa shape index (κ2) is 9.55. The monoisotopic (exact) mass is 430 g/mol. The highest BCUT2D eigenvalue weighted by atomic mass is 19.1. The molecular weight excluding hydrogens is 403 g/mol. The van der Waals surface area contributed by atoms with E-state index >= 15 is 0 Å². The molecule has 0 radical (unpaired) electrons. The largest absolute Gasteiger partial charge is 0.449 e. The molecule has 3 amide bonds. The van der Waals surface area contributed by atoms with E-state index in [0.29, 0.717) is 16.9 Å². The van der Waals surface area contributed by atoms with Crippen LogP contribution in [0.25, 0.3) is 11.8 Å². The van der Waals surface area contributed by atoms with E-state index in [0.717, 1.165) is 5.69 Å². The van der Waals surface area contributed by atoms with Gasteiger partial charge in [-0.1, -0.05) is 0 Å². The second-order valence-corrected chi connectivity index (χ2v) is 8.08. The smallest absolute Gasteiger partial charge is 0.331 e. The molecule has 0 aliphatic rings. The minimum absolute atomic E-state index is 0.345. The van der Waals surface area contributed by atoms with Crippen molar-refractivity contribution in [2.24, 2.45) is 0 Å². The Morgan fingerprint density at radius 3 is 2.35 bits per heavy atom. The van der Waals surface area contributed by atoms with Gasteiger partial charge in [0.2, 0.25) is 0 Å². The molecule has 166 valence electrons. The number of aryl methyl sites for hydroxylation is 1. The molecule has 9 heteroatoms. The number of hydrogen-bond acceptors (Lipinski definition) is 5. The highest BCUT2D eigenvalue weighted by Gasteiger charge is 2.21. The number of ether oxygens (including phenoxy) is 1. The summed E-state index contributed by atoms with van der Waals surface area (Å²) in [5.74, 6) is -1.82. The summed E-state index contributed by atoms with van der Waals surface area (Å²) < 4.78 is 19.9. The lowest BCUT2D eigenvalue weighted by Gasteiger charge is -2.21. The number of aromatic nitrogens is 2. The predicted octanol–water partition coefficient (Wildman–Crippen LogP) is 3.20. The lowest BCUT2D eigenvalue weighted by atomic mass is 10.1. The van der Waals surface area contributed by atoms with Crippen molar-refractivity contribution in [1.82, 2.24) is 20.4 Å². The van der Waals surface area contributed by atoms with E-state index in [-0.39, 0.29) is 5.82 Å². The first kappa shape index (κ1) is 23.8. The molecule has 1 aromatic carbocycles. The summed E-state index contributed by atoms with van der Waals surface area (Å²) >= 11 is 0. The van der Waals surface area contributed by atoms with Crippen molar-refractivity contribution < 1.29 is 23.5 Å². The molecule has 1 atom stereocenters. The van der Waals surface area contributed by atoms with Gasteiger partial charge in [-0.15, -0.1) is 0 Å². The Bertz CT molecular complexity index is 1000. The first-order valence-electron chi connectivity index (χ1n) is 9.71. The summed E-state index contributed by atoms with van der Waals surface area (Å²) in [7, 11) is 0. The second-order valence-electron chi connectivity index (χ2n) is 8.08. The van der Waals surface area contributed by atoms with Crippen LogP contribution in [-0.2, 0) is 14.3 Å². The number of hydrogen-bond donors (Lipinski definition) is 2. The van der Waals surface area contributed by atoms with Crippen LogP contribution in [0.3, 0.4) is 0 Å². The van der Waals surface area contributed by atoms with Crippen LogP contribution in [0.5, 0.6) is 0 Å². The van der Waals surface area contributed by atoms with Gasteiger partial charge in [-0.05, 0) is 71.9 Å². The molecule has 2 aromatic rings. The van der Waals surface area contributed by atoms with Gasteiger partial charge in [0.05, 0.1) is 11.4 Å². The third-order valence-electron chi connectivity index (χ3n) is 4.19. The van der Waals surface area contributed by atoms with Gasteiger partial charge in [-0.2, -0.15) is 5.10 Å². The molecule has 0 saturated carbocycles. The molecule has 0 saturated heterocycles. The van der Waals surface area contributed by atoms with Crippen LogP contribution in [-0.4, -0.2) is 39.3 Å². The number of imide groups is 1. The Kier molecular flexibility index (Phi) is 7.32. The van der Waals surface area contributed by atoms with E-state index in [1.165, 1.54) is 31.2 Å². The van der Waals surface area contributed by atoms with Crippen molar-refractivity contribution in [3.63, 3.8) is 0 Å². The van der Waals surface area contributed by atoms with Crippen LogP contribution in [0.4, 0.5) is 9.18 Å². The molecule has 0 aliphatic carbocycles. The highest BCUT2D eigenvalue weighted by molar-refractivity contribution is 5.98. The number of nitrogens with zero attached hydrogens (tertiary/aromatic N) is 2. The molecule has 1 aromatic heterocycles. The standard InChI is InChI=1S/C22H27FN4O4/c1-13-18(14(2)27(26-13)17-9-7-16(23)8-10-17)11-12-19(28)31-15(3)20(29)24-21(30)25-22(4,5)6/h7-12,15H,1-6H3,(H2,24,25,29,30)/b12-11+. The summed E-state index contributed by atoms with van der Waals surface area (Å²) in [4.78, 5) is 35.9. The molecule has 2 N–H and O–H groups in total. The molecular formula is C22H27FN4O4. The van der Waals surface area contributed by atoms with Gasteiger partial charge >= 0.3 is 12.0 Å². The average molecular weight is 430 g/mol. The summed E-state index contributed by atoms with van der Waals surface area (Å²) in [5, 5.41) is 9.13. The summed E-state index contributed by atoms with van der Waals surface area (Å²) in [6, 6.07) is 5.22. The summed E-state index contributed by atoms with van der Waals surface area (Å²) in [5.41, 5.74) is 2.28. The molecule has 0 aliphatic heterocycles. The topological polar surface area (TPSA) is 102 Å². The SMILES string of the molecule is Cc1nn(-c2ccc(F)cc2)c(C)c1/C=C/C(=O)OC(C)C(=O)NC(=O)NC(C)(C)C.